The molecule has 0 saturated heterocycles. The number of anilines is 1. The maximum Gasteiger partial charge on any atom is 0.319 e. The van der Waals surface area contributed by atoms with E-state index >= 15 is 0 Å². The minimum atomic E-state index is -2.85. The number of amides is 2. The number of nitrogens with one attached hydrogen (secondary N) is 2. The molecule has 0 aromatic heterocycles. The number of carbonyl (C=O) groups excluding carboxylic acids is 1. The fourth-order valence-corrected chi connectivity index (χ4v) is 2.14. The zero-order valence-corrected chi connectivity index (χ0v) is 13.6. The molecule has 3 nitrogen and oxygen atoms in total. The minimum absolute atomic E-state index is 0.0382. The molecule has 2 N–H and O–H groups in total. The van der Waals surface area contributed by atoms with E-state index in [1.807, 2.05) is 20.8 Å². The highest BCUT2D eigenvalue weighted by Crippen LogP contribution is 2.30. The van der Waals surface area contributed by atoms with Gasteiger partial charge in [0.15, 0.2) is 0 Å². The third kappa shape index (κ3) is 5.58. The number of benzene rings is 1. The van der Waals surface area contributed by atoms with Crippen molar-refractivity contribution in [1.82, 2.24) is 5.32 Å². The summed E-state index contributed by atoms with van der Waals surface area (Å²) < 4.78 is 39.2. The van der Waals surface area contributed by atoms with E-state index in [9.17, 15) is 18.0 Å². The molecule has 22 heavy (non-hydrogen) atoms. The highest BCUT2D eigenvalue weighted by atomic mass is 19.3. The van der Waals surface area contributed by atoms with E-state index in [1.165, 1.54) is 6.07 Å². The van der Waals surface area contributed by atoms with Crippen LogP contribution in [0.25, 0.3) is 0 Å². The predicted octanol–water partition coefficient (Wildman–Crippen LogP) is 4.60. The van der Waals surface area contributed by atoms with Gasteiger partial charge in [0.05, 0.1) is 5.69 Å². The fraction of sp³-hybridized carbons (Fsp3) is 0.562. The molecule has 124 valence electrons. The van der Waals surface area contributed by atoms with E-state index in [1.54, 1.807) is 13.0 Å². The van der Waals surface area contributed by atoms with Crippen LogP contribution >= 0.6 is 0 Å². The van der Waals surface area contributed by atoms with Gasteiger partial charge in [-0.3, -0.25) is 0 Å². The first-order valence-corrected chi connectivity index (χ1v) is 7.13. The Morgan fingerprint density at radius 3 is 2.27 bits per heavy atom. The standard InChI is InChI=1S/C16H23F3N2O/c1-10-8-12(17)13(9-11(10)15(2,3)4)21-14(22)20-7-6-16(5,18)19/h8-9H,6-7H2,1-5H3,(H2,20,21,22). The molecule has 0 spiro atoms. The van der Waals surface area contributed by atoms with Gasteiger partial charge < -0.3 is 10.6 Å². The molecule has 0 heterocycles. The molecule has 0 unspecified atom stereocenters. The second-order valence-electron chi connectivity index (χ2n) is 6.60. The highest BCUT2D eigenvalue weighted by Gasteiger charge is 2.21. The molecule has 0 atom stereocenters. The lowest BCUT2D eigenvalue weighted by atomic mass is 9.84. The monoisotopic (exact) mass is 316 g/mol. The Morgan fingerprint density at radius 2 is 1.77 bits per heavy atom. The summed E-state index contributed by atoms with van der Waals surface area (Å²) in [5.41, 5.74) is 1.54. The van der Waals surface area contributed by atoms with Gasteiger partial charge in [-0.25, -0.2) is 18.0 Å². The fourth-order valence-electron chi connectivity index (χ4n) is 2.14. The van der Waals surface area contributed by atoms with Crippen molar-refractivity contribution in [3.05, 3.63) is 29.1 Å². The maximum absolute atomic E-state index is 13.9. The molecule has 0 aliphatic rings. The van der Waals surface area contributed by atoms with E-state index in [4.69, 9.17) is 0 Å². The summed E-state index contributed by atoms with van der Waals surface area (Å²) in [7, 11) is 0. The number of hydrogen-bond donors (Lipinski definition) is 2. The summed E-state index contributed by atoms with van der Waals surface area (Å²) in [6, 6.07) is 2.24. The van der Waals surface area contributed by atoms with Crippen molar-refractivity contribution in [3.63, 3.8) is 0 Å². The molecule has 1 aromatic rings. The van der Waals surface area contributed by atoms with Crippen molar-refractivity contribution in [3.8, 4) is 0 Å². The average Bonchev–Trinajstić information content (AvgIpc) is 2.29. The van der Waals surface area contributed by atoms with Gasteiger partial charge in [-0.2, -0.15) is 0 Å². The first-order chi connectivity index (χ1) is 9.90. The molecule has 0 aliphatic heterocycles. The SMILES string of the molecule is Cc1cc(F)c(NC(=O)NCCC(C)(F)F)cc1C(C)(C)C. The summed E-state index contributed by atoms with van der Waals surface area (Å²) in [5, 5.41) is 4.66. The van der Waals surface area contributed by atoms with E-state index in [0.717, 1.165) is 18.1 Å². The average molecular weight is 316 g/mol. The van der Waals surface area contributed by atoms with Gasteiger partial charge in [0.2, 0.25) is 5.92 Å². The van der Waals surface area contributed by atoms with Crippen LogP contribution in [-0.2, 0) is 5.41 Å². The van der Waals surface area contributed by atoms with Crippen LogP contribution in [0.15, 0.2) is 12.1 Å². The number of aryl methyl sites for hydroxylation is 1. The van der Waals surface area contributed by atoms with Crippen molar-refractivity contribution in [2.75, 3.05) is 11.9 Å². The van der Waals surface area contributed by atoms with Gasteiger partial charge in [-0.05, 0) is 42.5 Å². The van der Waals surface area contributed by atoms with Gasteiger partial charge in [-0.1, -0.05) is 20.8 Å². The van der Waals surface area contributed by atoms with E-state index in [0.29, 0.717) is 0 Å². The zero-order valence-electron chi connectivity index (χ0n) is 13.6. The molecule has 6 heteroatoms. The van der Waals surface area contributed by atoms with E-state index in [-0.39, 0.29) is 17.6 Å². The minimum Gasteiger partial charge on any atom is -0.338 e. The first kappa shape index (κ1) is 18.3. The topological polar surface area (TPSA) is 41.1 Å². The number of halogens is 3. The largest absolute Gasteiger partial charge is 0.338 e. The Bertz CT molecular complexity index is 546. The summed E-state index contributed by atoms with van der Waals surface area (Å²) in [4.78, 5) is 11.7. The molecule has 0 radical (unpaired) electrons. The van der Waals surface area contributed by atoms with Crippen molar-refractivity contribution in [2.45, 2.75) is 52.4 Å². The molecule has 1 aromatic carbocycles. The lowest BCUT2D eigenvalue weighted by molar-refractivity contribution is 0.0143. The Kier molecular flexibility index (Phi) is 5.49. The van der Waals surface area contributed by atoms with Gasteiger partial charge in [0, 0.05) is 13.0 Å². The Labute approximate surface area is 129 Å². The number of rotatable bonds is 4. The predicted molar refractivity (Wildman–Crippen MR) is 82.1 cm³/mol. The lowest BCUT2D eigenvalue weighted by Gasteiger charge is -2.23. The smallest absolute Gasteiger partial charge is 0.319 e. The molecular formula is C16H23F3N2O. The van der Waals surface area contributed by atoms with Crippen LogP contribution in [0.1, 0.15) is 45.2 Å². The number of alkyl halides is 2. The van der Waals surface area contributed by atoms with Gasteiger partial charge in [-0.15, -0.1) is 0 Å². The third-order valence-electron chi connectivity index (χ3n) is 3.22. The van der Waals surface area contributed by atoms with Crippen molar-refractivity contribution in [2.24, 2.45) is 0 Å². The van der Waals surface area contributed by atoms with Crippen molar-refractivity contribution in [1.29, 1.82) is 0 Å². The second-order valence-corrected chi connectivity index (χ2v) is 6.60. The summed E-state index contributed by atoms with van der Waals surface area (Å²) in [6.07, 6.45) is -0.468. The number of urea groups is 1. The van der Waals surface area contributed by atoms with E-state index in [2.05, 4.69) is 10.6 Å². The van der Waals surface area contributed by atoms with E-state index < -0.39 is 24.2 Å². The van der Waals surface area contributed by atoms with Crippen LogP contribution in [0.4, 0.5) is 23.7 Å². The summed E-state index contributed by atoms with van der Waals surface area (Å²) in [5.74, 6) is -3.40. The molecule has 0 aliphatic carbocycles. The molecule has 1 rings (SSSR count). The van der Waals surface area contributed by atoms with Crippen LogP contribution < -0.4 is 10.6 Å². The molecular weight excluding hydrogens is 293 g/mol. The van der Waals surface area contributed by atoms with Crippen LogP contribution in [-0.4, -0.2) is 18.5 Å². The third-order valence-corrected chi connectivity index (χ3v) is 3.22. The number of carbonyl (C=O) groups is 1. The van der Waals surface area contributed by atoms with Gasteiger partial charge in [0.25, 0.3) is 0 Å². The summed E-state index contributed by atoms with van der Waals surface area (Å²) in [6.45, 7) is 8.36. The van der Waals surface area contributed by atoms with Crippen LogP contribution in [0.2, 0.25) is 0 Å². The highest BCUT2D eigenvalue weighted by molar-refractivity contribution is 5.89. The van der Waals surface area contributed by atoms with Gasteiger partial charge >= 0.3 is 6.03 Å². The molecule has 0 saturated carbocycles. The van der Waals surface area contributed by atoms with Gasteiger partial charge in [0.1, 0.15) is 5.82 Å². The van der Waals surface area contributed by atoms with Crippen LogP contribution in [0.3, 0.4) is 0 Å². The Morgan fingerprint density at radius 1 is 1.18 bits per heavy atom. The quantitative estimate of drug-likeness (QED) is 0.837. The maximum atomic E-state index is 13.9. The molecule has 0 fully saturated rings. The lowest BCUT2D eigenvalue weighted by Crippen LogP contribution is -2.32. The first-order valence-electron chi connectivity index (χ1n) is 7.13. The van der Waals surface area contributed by atoms with Crippen molar-refractivity contribution < 1.29 is 18.0 Å². The molecule has 0 bridgehead atoms. The normalized spacial score (nSPS) is 12.2. The van der Waals surface area contributed by atoms with Crippen LogP contribution in [0.5, 0.6) is 0 Å². The summed E-state index contributed by atoms with van der Waals surface area (Å²) >= 11 is 0. The van der Waals surface area contributed by atoms with Crippen LogP contribution in [0, 0.1) is 12.7 Å². The van der Waals surface area contributed by atoms with Crippen molar-refractivity contribution >= 4 is 11.7 Å². The Balaban J connectivity index is 2.79. The Hall–Kier alpha value is -1.72. The second kappa shape index (κ2) is 6.58. The molecule has 2 amide bonds. The zero-order chi connectivity index (χ0) is 17.1. The number of hydrogen-bond acceptors (Lipinski definition) is 1.